The van der Waals surface area contributed by atoms with Crippen molar-refractivity contribution >= 4 is 23.2 Å². The van der Waals surface area contributed by atoms with Crippen molar-refractivity contribution in [2.45, 2.75) is 18.0 Å². The summed E-state index contributed by atoms with van der Waals surface area (Å²) in [5.74, 6) is 0.704. The minimum Gasteiger partial charge on any atom is -0.497 e. The number of hydrogen-bond acceptors (Lipinski definition) is 3. The highest BCUT2D eigenvalue weighted by Gasteiger charge is 2.30. The van der Waals surface area contributed by atoms with Gasteiger partial charge in [-0.25, -0.2) is 4.99 Å². The van der Waals surface area contributed by atoms with Crippen molar-refractivity contribution in [1.82, 2.24) is 0 Å². The maximum atomic E-state index is 12.9. The molecule has 0 aliphatic carbocycles. The number of rotatable bonds is 6. The average molecular weight is 427 g/mol. The van der Waals surface area contributed by atoms with E-state index in [-0.39, 0.29) is 0 Å². The van der Waals surface area contributed by atoms with Crippen molar-refractivity contribution in [2.75, 3.05) is 7.11 Å². The standard InChI is InChI=1S/C24H20F3NOS/c1-17-3-13-22(14-4-17)30-16-15-23(28-20-9-11-21(29-2)12-10-20)18-5-7-19(8-6-18)24(25,26)27/h3-16H,1-2H3. The molecule has 0 aromatic heterocycles. The van der Waals surface area contributed by atoms with Crippen LogP contribution in [0.5, 0.6) is 5.75 Å². The lowest BCUT2D eigenvalue weighted by Gasteiger charge is -2.08. The lowest BCUT2D eigenvalue weighted by molar-refractivity contribution is -0.137. The van der Waals surface area contributed by atoms with E-state index in [0.29, 0.717) is 22.7 Å². The van der Waals surface area contributed by atoms with Gasteiger partial charge in [-0.15, -0.1) is 0 Å². The van der Waals surface area contributed by atoms with Crippen molar-refractivity contribution < 1.29 is 17.9 Å². The first kappa shape index (κ1) is 21.7. The molecule has 0 N–H and O–H groups in total. The molecular formula is C24H20F3NOS. The number of allylic oxidation sites excluding steroid dienone is 1. The van der Waals surface area contributed by atoms with E-state index in [0.717, 1.165) is 17.0 Å². The van der Waals surface area contributed by atoms with Gasteiger partial charge in [0.2, 0.25) is 0 Å². The maximum Gasteiger partial charge on any atom is 0.416 e. The third kappa shape index (κ3) is 6.00. The summed E-state index contributed by atoms with van der Waals surface area (Å²) in [6, 6.07) is 20.3. The first-order chi connectivity index (χ1) is 14.3. The lowest BCUT2D eigenvalue weighted by atomic mass is 10.1. The van der Waals surface area contributed by atoms with E-state index in [9.17, 15) is 13.2 Å². The number of benzene rings is 3. The molecule has 0 bridgehead atoms. The van der Waals surface area contributed by atoms with E-state index in [1.807, 2.05) is 36.6 Å². The second kappa shape index (κ2) is 9.67. The Labute approximate surface area is 178 Å². The molecule has 6 heteroatoms. The van der Waals surface area contributed by atoms with Crippen LogP contribution in [-0.2, 0) is 6.18 Å². The number of alkyl halides is 3. The van der Waals surface area contributed by atoms with Crippen LogP contribution in [0.15, 0.2) is 94.2 Å². The Morgan fingerprint density at radius 1 is 0.900 bits per heavy atom. The van der Waals surface area contributed by atoms with E-state index in [2.05, 4.69) is 4.99 Å². The van der Waals surface area contributed by atoms with Gasteiger partial charge < -0.3 is 4.74 Å². The summed E-state index contributed by atoms with van der Waals surface area (Å²) in [5.41, 5.74) is 2.33. The van der Waals surface area contributed by atoms with Gasteiger partial charge in [0.25, 0.3) is 0 Å². The molecule has 0 spiro atoms. The number of aryl methyl sites for hydroxylation is 1. The average Bonchev–Trinajstić information content (AvgIpc) is 2.74. The summed E-state index contributed by atoms with van der Waals surface area (Å²) in [5, 5.41) is 1.88. The fourth-order valence-corrected chi connectivity index (χ4v) is 3.27. The number of hydrogen-bond donors (Lipinski definition) is 0. The monoisotopic (exact) mass is 427 g/mol. The minimum atomic E-state index is -4.37. The minimum absolute atomic E-state index is 0.563. The number of halogens is 3. The first-order valence-corrected chi connectivity index (χ1v) is 10.0. The number of thioether (sulfide) groups is 1. The zero-order valence-electron chi connectivity index (χ0n) is 16.5. The van der Waals surface area contributed by atoms with E-state index in [1.54, 1.807) is 37.5 Å². The lowest BCUT2D eigenvalue weighted by Crippen LogP contribution is -2.05. The van der Waals surface area contributed by atoms with Gasteiger partial charge >= 0.3 is 6.18 Å². The second-order valence-electron chi connectivity index (χ2n) is 6.50. The number of methoxy groups -OCH3 is 1. The molecule has 0 fully saturated rings. The van der Waals surface area contributed by atoms with E-state index < -0.39 is 11.7 Å². The molecule has 154 valence electrons. The van der Waals surface area contributed by atoms with Gasteiger partial charge in [0.15, 0.2) is 0 Å². The van der Waals surface area contributed by atoms with Gasteiger partial charge in [-0.1, -0.05) is 41.6 Å². The van der Waals surface area contributed by atoms with Crippen molar-refractivity contribution in [3.8, 4) is 5.75 Å². The van der Waals surface area contributed by atoms with Gasteiger partial charge in [-0.3, -0.25) is 0 Å². The molecule has 3 rings (SSSR count). The van der Waals surface area contributed by atoms with Crippen molar-refractivity contribution in [1.29, 1.82) is 0 Å². The highest BCUT2D eigenvalue weighted by Crippen LogP contribution is 2.29. The predicted molar refractivity (Wildman–Crippen MR) is 117 cm³/mol. The summed E-state index contributed by atoms with van der Waals surface area (Å²) >= 11 is 1.51. The molecule has 3 aromatic carbocycles. The summed E-state index contributed by atoms with van der Waals surface area (Å²) in [6.07, 6.45) is -2.57. The molecule has 0 amide bonds. The van der Waals surface area contributed by atoms with Gasteiger partial charge in [-0.2, -0.15) is 13.2 Å². The van der Waals surface area contributed by atoms with Crippen LogP contribution in [0, 0.1) is 6.92 Å². The van der Waals surface area contributed by atoms with Gasteiger partial charge in [0.1, 0.15) is 5.75 Å². The van der Waals surface area contributed by atoms with E-state index in [1.165, 1.54) is 29.5 Å². The van der Waals surface area contributed by atoms with Gasteiger partial charge in [-0.05, 0) is 66.9 Å². The van der Waals surface area contributed by atoms with Crippen LogP contribution in [0.1, 0.15) is 16.7 Å². The fourth-order valence-electron chi connectivity index (χ4n) is 2.62. The molecule has 0 heterocycles. The zero-order chi connectivity index (χ0) is 21.6. The number of aliphatic imine (C=N–C) groups is 1. The van der Waals surface area contributed by atoms with Crippen molar-refractivity contribution in [3.05, 3.63) is 101 Å². The first-order valence-electron chi connectivity index (χ1n) is 9.15. The molecular weight excluding hydrogens is 407 g/mol. The highest BCUT2D eigenvalue weighted by molar-refractivity contribution is 8.02. The Morgan fingerprint density at radius 3 is 2.10 bits per heavy atom. The summed E-state index contributed by atoms with van der Waals surface area (Å²) in [7, 11) is 1.58. The SMILES string of the molecule is COc1ccc(N=C(C=CSc2ccc(C)cc2)c2ccc(C(F)(F)F)cc2)cc1. The summed E-state index contributed by atoms with van der Waals surface area (Å²) in [4.78, 5) is 5.68. The van der Waals surface area contributed by atoms with Crippen molar-refractivity contribution in [2.24, 2.45) is 4.99 Å². The third-order valence-electron chi connectivity index (χ3n) is 4.28. The van der Waals surface area contributed by atoms with Gasteiger partial charge in [0.05, 0.1) is 24.1 Å². The topological polar surface area (TPSA) is 21.6 Å². The number of ether oxygens (including phenoxy) is 1. The number of nitrogens with zero attached hydrogens (tertiary/aromatic N) is 1. The molecule has 0 unspecified atom stereocenters. The summed E-state index contributed by atoms with van der Waals surface area (Å²) < 4.78 is 43.8. The molecule has 0 aliphatic rings. The molecule has 0 atom stereocenters. The fraction of sp³-hybridized carbons (Fsp3) is 0.125. The van der Waals surface area contributed by atoms with E-state index >= 15 is 0 Å². The smallest absolute Gasteiger partial charge is 0.416 e. The van der Waals surface area contributed by atoms with Crippen LogP contribution in [0.4, 0.5) is 18.9 Å². The third-order valence-corrected chi connectivity index (χ3v) is 5.10. The molecule has 0 saturated carbocycles. The molecule has 0 aliphatic heterocycles. The molecule has 0 radical (unpaired) electrons. The quantitative estimate of drug-likeness (QED) is 0.301. The normalized spacial score (nSPS) is 12.4. The second-order valence-corrected chi connectivity index (χ2v) is 7.48. The van der Waals surface area contributed by atoms with Crippen LogP contribution in [0.2, 0.25) is 0 Å². The van der Waals surface area contributed by atoms with Gasteiger partial charge in [0, 0.05) is 10.5 Å². The molecule has 0 saturated heterocycles. The molecule has 2 nitrogen and oxygen atoms in total. The zero-order valence-corrected chi connectivity index (χ0v) is 17.3. The van der Waals surface area contributed by atoms with Crippen LogP contribution in [0.25, 0.3) is 0 Å². The van der Waals surface area contributed by atoms with Crippen LogP contribution >= 0.6 is 11.8 Å². The van der Waals surface area contributed by atoms with Crippen LogP contribution in [0.3, 0.4) is 0 Å². The largest absolute Gasteiger partial charge is 0.497 e. The predicted octanol–water partition coefficient (Wildman–Crippen LogP) is 7.45. The Bertz CT molecular complexity index is 1020. The Hall–Kier alpha value is -2.99. The summed E-state index contributed by atoms with van der Waals surface area (Å²) in [6.45, 7) is 2.02. The van der Waals surface area contributed by atoms with Crippen LogP contribution < -0.4 is 4.74 Å². The van der Waals surface area contributed by atoms with E-state index in [4.69, 9.17) is 4.74 Å². The van der Waals surface area contributed by atoms with Crippen molar-refractivity contribution in [3.63, 3.8) is 0 Å². The van der Waals surface area contributed by atoms with Crippen LogP contribution in [-0.4, -0.2) is 12.8 Å². The Kier molecular flexibility index (Phi) is 7.00. The highest BCUT2D eigenvalue weighted by atomic mass is 32.2. The molecule has 30 heavy (non-hydrogen) atoms. The molecule has 3 aromatic rings. The Balaban J connectivity index is 1.89. The maximum absolute atomic E-state index is 12.9. The Morgan fingerprint density at radius 2 is 1.53 bits per heavy atom.